The van der Waals surface area contributed by atoms with Gasteiger partial charge in [-0.05, 0) is 48.6 Å². The molecule has 0 saturated carbocycles. The highest BCUT2D eigenvalue weighted by Crippen LogP contribution is 2.27. The Kier molecular flexibility index (Phi) is 6.77. The molecule has 0 unspecified atom stereocenters. The van der Waals surface area contributed by atoms with Gasteiger partial charge in [-0.1, -0.05) is 48.5 Å². The number of para-hydroxylation sites is 2. The molecule has 0 bridgehead atoms. The van der Waals surface area contributed by atoms with E-state index in [0.29, 0.717) is 37.3 Å². The van der Waals surface area contributed by atoms with Crippen LogP contribution in [-0.4, -0.2) is 48.0 Å². The zero-order valence-electron chi connectivity index (χ0n) is 17.5. The molecule has 1 heterocycles. The van der Waals surface area contributed by atoms with E-state index in [1.165, 1.54) is 0 Å². The lowest BCUT2D eigenvalue weighted by Gasteiger charge is -2.37. The maximum absolute atomic E-state index is 12.7. The highest BCUT2D eigenvalue weighted by molar-refractivity contribution is 7.80. The molecule has 1 saturated heterocycles. The number of benzene rings is 3. The predicted octanol–water partition coefficient (Wildman–Crippen LogP) is 3.78. The van der Waals surface area contributed by atoms with Gasteiger partial charge in [-0.2, -0.15) is 0 Å². The summed E-state index contributed by atoms with van der Waals surface area (Å²) < 4.78 is 0. The van der Waals surface area contributed by atoms with Gasteiger partial charge >= 0.3 is 0 Å². The third kappa shape index (κ3) is 5.12. The second-order valence-electron chi connectivity index (χ2n) is 7.44. The molecule has 1 aliphatic rings. The molecule has 0 aromatic heterocycles. The molecule has 6 nitrogen and oxygen atoms in total. The highest BCUT2D eigenvalue weighted by atomic mass is 32.1. The Morgan fingerprint density at radius 2 is 1.28 bits per heavy atom. The molecule has 32 heavy (non-hydrogen) atoms. The van der Waals surface area contributed by atoms with E-state index in [-0.39, 0.29) is 16.9 Å². The van der Waals surface area contributed by atoms with Crippen LogP contribution in [0, 0.1) is 0 Å². The fourth-order valence-corrected chi connectivity index (χ4v) is 3.89. The Balaban J connectivity index is 1.38. The van der Waals surface area contributed by atoms with Crippen LogP contribution in [0.25, 0.3) is 0 Å². The lowest BCUT2D eigenvalue weighted by atomic mass is 10.1. The van der Waals surface area contributed by atoms with Crippen molar-refractivity contribution in [3.8, 4) is 0 Å². The molecule has 4 rings (SSSR count). The normalized spacial score (nSPS) is 13.4. The van der Waals surface area contributed by atoms with Gasteiger partial charge in [-0.25, -0.2) is 0 Å². The van der Waals surface area contributed by atoms with Gasteiger partial charge in [0, 0.05) is 37.3 Å². The summed E-state index contributed by atoms with van der Waals surface area (Å²) in [6.45, 7) is 2.69. The standard InChI is InChI=1S/C25H24N4O2S/c30-23(19-9-3-1-4-10-19)27-25(32)26-21-13-7-8-14-22(21)28-15-17-29(18-16-28)24(31)20-11-5-2-6-12-20/h1-14H,15-18H2,(H2,26,27,30,32). The van der Waals surface area contributed by atoms with Crippen LogP contribution in [0.5, 0.6) is 0 Å². The summed E-state index contributed by atoms with van der Waals surface area (Å²) in [6.07, 6.45) is 0. The van der Waals surface area contributed by atoms with Crippen molar-refractivity contribution < 1.29 is 9.59 Å². The van der Waals surface area contributed by atoms with Crippen LogP contribution in [0.2, 0.25) is 0 Å². The van der Waals surface area contributed by atoms with E-state index in [1.807, 2.05) is 77.7 Å². The van der Waals surface area contributed by atoms with E-state index in [0.717, 1.165) is 11.4 Å². The van der Waals surface area contributed by atoms with Crippen molar-refractivity contribution in [2.45, 2.75) is 0 Å². The third-order valence-electron chi connectivity index (χ3n) is 5.34. The third-order valence-corrected chi connectivity index (χ3v) is 5.55. The van der Waals surface area contributed by atoms with Gasteiger partial charge < -0.3 is 15.1 Å². The second kappa shape index (κ2) is 10.1. The largest absolute Gasteiger partial charge is 0.366 e. The van der Waals surface area contributed by atoms with Crippen LogP contribution in [0.4, 0.5) is 11.4 Å². The topological polar surface area (TPSA) is 64.7 Å². The molecule has 0 aliphatic carbocycles. The molecule has 0 spiro atoms. The van der Waals surface area contributed by atoms with Crippen molar-refractivity contribution in [2.24, 2.45) is 0 Å². The molecule has 3 aromatic rings. The van der Waals surface area contributed by atoms with Crippen molar-refractivity contribution in [3.05, 3.63) is 96.1 Å². The average Bonchev–Trinajstić information content (AvgIpc) is 2.85. The number of thiocarbonyl (C=S) groups is 1. The Hall–Kier alpha value is -3.71. The summed E-state index contributed by atoms with van der Waals surface area (Å²) in [5.41, 5.74) is 3.05. The van der Waals surface area contributed by atoms with Crippen molar-refractivity contribution in [1.29, 1.82) is 0 Å². The molecular weight excluding hydrogens is 420 g/mol. The number of nitrogens with zero attached hydrogens (tertiary/aromatic N) is 2. The van der Waals surface area contributed by atoms with Crippen LogP contribution in [0.15, 0.2) is 84.9 Å². The first-order valence-corrected chi connectivity index (χ1v) is 10.9. The first-order chi connectivity index (χ1) is 15.6. The van der Waals surface area contributed by atoms with Crippen molar-refractivity contribution >= 4 is 40.5 Å². The Morgan fingerprint density at radius 3 is 1.94 bits per heavy atom. The minimum Gasteiger partial charge on any atom is -0.366 e. The van der Waals surface area contributed by atoms with Crippen molar-refractivity contribution in [1.82, 2.24) is 10.2 Å². The minimum absolute atomic E-state index is 0.0569. The SMILES string of the molecule is O=C(NC(=S)Nc1ccccc1N1CCN(C(=O)c2ccccc2)CC1)c1ccccc1. The van der Waals surface area contributed by atoms with E-state index >= 15 is 0 Å². The number of nitrogens with one attached hydrogen (secondary N) is 2. The first kappa shape index (κ1) is 21.5. The molecule has 162 valence electrons. The number of carbonyl (C=O) groups excluding carboxylic acids is 2. The van der Waals surface area contributed by atoms with Gasteiger partial charge in [0.1, 0.15) is 0 Å². The van der Waals surface area contributed by atoms with Crippen LogP contribution >= 0.6 is 12.2 Å². The van der Waals surface area contributed by atoms with E-state index in [4.69, 9.17) is 12.2 Å². The second-order valence-corrected chi connectivity index (χ2v) is 7.84. The summed E-state index contributed by atoms with van der Waals surface area (Å²) in [4.78, 5) is 29.2. The van der Waals surface area contributed by atoms with Gasteiger partial charge in [-0.3, -0.25) is 14.9 Å². The predicted molar refractivity (Wildman–Crippen MR) is 131 cm³/mol. The molecule has 0 radical (unpaired) electrons. The van der Waals surface area contributed by atoms with Gasteiger partial charge in [0.05, 0.1) is 11.4 Å². The number of rotatable bonds is 4. The number of hydrogen-bond acceptors (Lipinski definition) is 4. The molecule has 2 amide bonds. The van der Waals surface area contributed by atoms with Crippen molar-refractivity contribution in [3.63, 3.8) is 0 Å². The number of amides is 2. The van der Waals surface area contributed by atoms with Gasteiger partial charge in [0.25, 0.3) is 11.8 Å². The zero-order chi connectivity index (χ0) is 22.3. The van der Waals surface area contributed by atoms with Crippen LogP contribution in [-0.2, 0) is 0 Å². The van der Waals surface area contributed by atoms with Crippen LogP contribution < -0.4 is 15.5 Å². The zero-order valence-corrected chi connectivity index (χ0v) is 18.3. The molecule has 1 fully saturated rings. The molecule has 3 aromatic carbocycles. The van der Waals surface area contributed by atoms with Gasteiger partial charge in [0.15, 0.2) is 5.11 Å². The quantitative estimate of drug-likeness (QED) is 0.600. The molecular formula is C25H24N4O2S. The smallest absolute Gasteiger partial charge is 0.257 e. The van der Waals surface area contributed by atoms with E-state index in [9.17, 15) is 9.59 Å². The van der Waals surface area contributed by atoms with Crippen molar-refractivity contribution in [2.75, 3.05) is 36.4 Å². The maximum Gasteiger partial charge on any atom is 0.257 e. The summed E-state index contributed by atoms with van der Waals surface area (Å²) >= 11 is 5.37. The fraction of sp³-hybridized carbons (Fsp3) is 0.160. The number of piperazine rings is 1. The van der Waals surface area contributed by atoms with Crippen LogP contribution in [0.3, 0.4) is 0 Å². The Labute approximate surface area is 192 Å². The minimum atomic E-state index is -0.256. The molecule has 7 heteroatoms. The van der Waals surface area contributed by atoms with Crippen LogP contribution in [0.1, 0.15) is 20.7 Å². The first-order valence-electron chi connectivity index (χ1n) is 10.5. The Bertz CT molecular complexity index is 1100. The molecule has 0 atom stereocenters. The number of hydrogen-bond donors (Lipinski definition) is 2. The van der Waals surface area contributed by atoms with Gasteiger partial charge in [0.2, 0.25) is 0 Å². The fourth-order valence-electron chi connectivity index (χ4n) is 3.69. The molecule has 1 aliphatic heterocycles. The monoisotopic (exact) mass is 444 g/mol. The lowest BCUT2D eigenvalue weighted by molar-refractivity contribution is 0.0746. The summed E-state index contributed by atoms with van der Waals surface area (Å²) in [7, 11) is 0. The van der Waals surface area contributed by atoms with E-state index in [1.54, 1.807) is 12.1 Å². The van der Waals surface area contributed by atoms with E-state index < -0.39 is 0 Å². The summed E-state index contributed by atoms with van der Waals surface area (Å²) in [6, 6.07) is 26.1. The summed E-state index contributed by atoms with van der Waals surface area (Å²) in [5.74, 6) is -0.199. The number of carbonyl (C=O) groups is 2. The van der Waals surface area contributed by atoms with Gasteiger partial charge in [-0.15, -0.1) is 0 Å². The summed E-state index contributed by atoms with van der Waals surface area (Å²) in [5, 5.41) is 6.11. The lowest BCUT2D eigenvalue weighted by Crippen LogP contribution is -2.49. The molecule has 2 N–H and O–H groups in total. The Morgan fingerprint density at radius 1 is 0.719 bits per heavy atom. The van der Waals surface area contributed by atoms with E-state index in [2.05, 4.69) is 15.5 Å². The number of anilines is 2. The maximum atomic E-state index is 12.7. The average molecular weight is 445 g/mol. The highest BCUT2D eigenvalue weighted by Gasteiger charge is 2.23.